The van der Waals surface area contributed by atoms with Gasteiger partial charge in [-0.15, -0.1) is 0 Å². The summed E-state index contributed by atoms with van der Waals surface area (Å²) in [6.07, 6.45) is 3.54. The third-order valence-corrected chi connectivity index (χ3v) is 3.86. The van der Waals surface area contributed by atoms with Gasteiger partial charge in [0, 0.05) is 20.1 Å². The summed E-state index contributed by atoms with van der Waals surface area (Å²) in [5, 5.41) is 4.04. The van der Waals surface area contributed by atoms with Gasteiger partial charge in [-0.25, -0.2) is 0 Å². The van der Waals surface area contributed by atoms with Crippen LogP contribution >= 0.6 is 0 Å². The van der Waals surface area contributed by atoms with Gasteiger partial charge in [0.1, 0.15) is 11.4 Å². The van der Waals surface area contributed by atoms with E-state index in [1.807, 2.05) is 11.0 Å². The largest absolute Gasteiger partial charge is 0.383 e. The van der Waals surface area contributed by atoms with E-state index >= 15 is 0 Å². The highest BCUT2D eigenvalue weighted by atomic mass is 16.2. The molecular weight excluding hydrogens is 252 g/mol. The number of carbonyl (C=O) groups excluding carboxylic acids is 1. The summed E-state index contributed by atoms with van der Waals surface area (Å²) < 4.78 is 1.53. The van der Waals surface area contributed by atoms with Gasteiger partial charge in [-0.3, -0.25) is 9.48 Å². The molecule has 0 unspecified atom stereocenters. The monoisotopic (exact) mass is 270 g/mol. The maximum absolute atomic E-state index is 12.6. The van der Waals surface area contributed by atoms with Crippen LogP contribution in [0, 0.1) is 0 Å². The zero-order chi connectivity index (χ0) is 14.1. The molecule has 0 saturated heterocycles. The van der Waals surface area contributed by atoms with Crippen molar-refractivity contribution in [1.82, 2.24) is 14.7 Å². The summed E-state index contributed by atoms with van der Waals surface area (Å²) in [5.41, 5.74) is 8.95. The number of fused-ring (bicyclic) bond motifs is 1. The predicted octanol–water partition coefficient (Wildman–Crippen LogP) is 1.59. The molecule has 1 aromatic carbocycles. The first kappa shape index (κ1) is 12.7. The molecule has 1 aliphatic heterocycles. The first-order chi connectivity index (χ1) is 9.66. The Kier molecular flexibility index (Phi) is 3.18. The van der Waals surface area contributed by atoms with Crippen molar-refractivity contribution in [2.75, 3.05) is 12.3 Å². The molecule has 2 aromatic rings. The molecule has 20 heavy (non-hydrogen) atoms. The molecule has 0 aliphatic carbocycles. The lowest BCUT2D eigenvalue weighted by Gasteiger charge is -2.20. The molecule has 2 N–H and O–H groups in total. The number of rotatable bonds is 1. The minimum atomic E-state index is -0.0349. The van der Waals surface area contributed by atoms with E-state index in [2.05, 4.69) is 23.3 Å². The normalized spacial score (nSPS) is 14.8. The Labute approximate surface area is 118 Å². The van der Waals surface area contributed by atoms with Gasteiger partial charge >= 0.3 is 0 Å². The Morgan fingerprint density at radius 2 is 2.05 bits per heavy atom. The van der Waals surface area contributed by atoms with Crippen molar-refractivity contribution < 1.29 is 4.79 Å². The molecule has 3 rings (SSSR count). The average Bonchev–Trinajstić information content (AvgIpc) is 2.67. The van der Waals surface area contributed by atoms with Gasteiger partial charge in [-0.2, -0.15) is 5.10 Å². The second kappa shape index (κ2) is 5.00. The molecular formula is C15H18N4O. The molecule has 5 nitrogen and oxygen atoms in total. The number of amides is 1. The summed E-state index contributed by atoms with van der Waals surface area (Å²) in [4.78, 5) is 14.4. The van der Waals surface area contributed by atoms with Crippen molar-refractivity contribution in [2.24, 2.45) is 7.05 Å². The maximum Gasteiger partial charge on any atom is 0.259 e. The minimum absolute atomic E-state index is 0.0349. The van der Waals surface area contributed by atoms with E-state index in [0.29, 0.717) is 17.9 Å². The van der Waals surface area contributed by atoms with Crippen LogP contribution in [-0.2, 0) is 20.0 Å². The van der Waals surface area contributed by atoms with E-state index in [0.717, 1.165) is 19.4 Å². The highest BCUT2D eigenvalue weighted by Crippen LogP contribution is 2.21. The van der Waals surface area contributed by atoms with Crippen LogP contribution in [0.15, 0.2) is 30.5 Å². The van der Waals surface area contributed by atoms with Gasteiger partial charge in [0.05, 0.1) is 6.20 Å². The Hall–Kier alpha value is -2.30. The lowest BCUT2D eigenvalue weighted by molar-refractivity contribution is 0.0747. The van der Waals surface area contributed by atoms with Crippen LogP contribution in [-0.4, -0.2) is 27.1 Å². The molecule has 1 aliphatic rings. The smallest absolute Gasteiger partial charge is 0.259 e. The molecule has 5 heteroatoms. The van der Waals surface area contributed by atoms with Gasteiger partial charge in [0.2, 0.25) is 0 Å². The Morgan fingerprint density at radius 1 is 1.30 bits per heavy atom. The molecule has 0 spiro atoms. The average molecular weight is 270 g/mol. The topological polar surface area (TPSA) is 64.2 Å². The molecule has 2 heterocycles. The second-order valence-electron chi connectivity index (χ2n) is 5.17. The fourth-order valence-corrected chi connectivity index (χ4v) is 2.66. The van der Waals surface area contributed by atoms with Crippen molar-refractivity contribution >= 4 is 11.7 Å². The summed E-state index contributed by atoms with van der Waals surface area (Å²) in [6.45, 7) is 1.39. The lowest BCUT2D eigenvalue weighted by atomic mass is 10.0. The van der Waals surface area contributed by atoms with Crippen molar-refractivity contribution in [2.45, 2.75) is 19.4 Å². The Bertz CT molecular complexity index is 647. The Morgan fingerprint density at radius 3 is 2.75 bits per heavy atom. The summed E-state index contributed by atoms with van der Waals surface area (Å²) in [7, 11) is 1.74. The van der Waals surface area contributed by atoms with Gasteiger partial charge in [0.25, 0.3) is 5.91 Å². The number of aromatic nitrogens is 2. The van der Waals surface area contributed by atoms with Crippen LogP contribution in [0.5, 0.6) is 0 Å². The molecule has 0 fully saturated rings. The van der Waals surface area contributed by atoms with Crippen LogP contribution in [0.4, 0.5) is 5.82 Å². The van der Waals surface area contributed by atoms with E-state index in [4.69, 9.17) is 5.73 Å². The first-order valence-electron chi connectivity index (χ1n) is 6.80. The number of nitrogens with two attached hydrogens (primary N) is 1. The maximum atomic E-state index is 12.6. The zero-order valence-electron chi connectivity index (χ0n) is 11.5. The molecule has 0 saturated carbocycles. The molecule has 0 atom stereocenters. The summed E-state index contributed by atoms with van der Waals surface area (Å²) in [6, 6.07) is 8.30. The number of nitrogens with zero attached hydrogens (tertiary/aromatic N) is 3. The van der Waals surface area contributed by atoms with E-state index in [1.165, 1.54) is 15.8 Å². The summed E-state index contributed by atoms with van der Waals surface area (Å²) >= 11 is 0. The van der Waals surface area contributed by atoms with Crippen LogP contribution in [0.3, 0.4) is 0 Å². The van der Waals surface area contributed by atoms with Crippen LogP contribution in [0.2, 0.25) is 0 Å². The minimum Gasteiger partial charge on any atom is -0.383 e. The fourth-order valence-electron chi connectivity index (χ4n) is 2.66. The summed E-state index contributed by atoms with van der Waals surface area (Å²) in [5.74, 6) is 0.389. The first-order valence-corrected chi connectivity index (χ1v) is 6.80. The van der Waals surface area contributed by atoms with E-state index in [1.54, 1.807) is 13.2 Å². The van der Waals surface area contributed by atoms with Crippen molar-refractivity contribution in [1.29, 1.82) is 0 Å². The highest BCUT2D eigenvalue weighted by molar-refractivity contribution is 5.98. The van der Waals surface area contributed by atoms with Gasteiger partial charge in [-0.1, -0.05) is 24.3 Å². The van der Waals surface area contributed by atoms with E-state index in [9.17, 15) is 4.79 Å². The van der Waals surface area contributed by atoms with Crippen LogP contribution in [0.25, 0.3) is 0 Å². The number of anilines is 1. The number of benzene rings is 1. The zero-order valence-corrected chi connectivity index (χ0v) is 11.5. The van der Waals surface area contributed by atoms with Gasteiger partial charge in [0.15, 0.2) is 0 Å². The number of aryl methyl sites for hydroxylation is 2. The van der Waals surface area contributed by atoms with Gasteiger partial charge in [-0.05, 0) is 24.0 Å². The molecule has 0 radical (unpaired) electrons. The number of hydrogen-bond acceptors (Lipinski definition) is 3. The van der Waals surface area contributed by atoms with E-state index < -0.39 is 0 Å². The van der Waals surface area contributed by atoms with Crippen LogP contribution < -0.4 is 5.73 Å². The SMILES string of the molecule is Cn1ncc(C(=O)N2CCCc3ccccc3C2)c1N. The quantitative estimate of drug-likeness (QED) is 0.856. The lowest BCUT2D eigenvalue weighted by Crippen LogP contribution is -2.31. The number of carbonyl (C=O) groups is 1. The third kappa shape index (κ3) is 2.15. The van der Waals surface area contributed by atoms with Crippen molar-refractivity contribution in [3.05, 3.63) is 47.2 Å². The highest BCUT2D eigenvalue weighted by Gasteiger charge is 2.23. The van der Waals surface area contributed by atoms with E-state index in [-0.39, 0.29) is 5.91 Å². The van der Waals surface area contributed by atoms with Gasteiger partial charge < -0.3 is 10.6 Å². The molecule has 104 valence electrons. The third-order valence-electron chi connectivity index (χ3n) is 3.86. The van der Waals surface area contributed by atoms with Crippen molar-refractivity contribution in [3.8, 4) is 0 Å². The Balaban J connectivity index is 1.88. The second-order valence-corrected chi connectivity index (χ2v) is 5.17. The van der Waals surface area contributed by atoms with Crippen molar-refractivity contribution in [3.63, 3.8) is 0 Å². The predicted molar refractivity (Wildman–Crippen MR) is 77.1 cm³/mol. The standard InChI is InChI=1S/C15H18N4O/c1-18-14(16)13(9-17-18)15(20)19-8-4-7-11-5-2-3-6-12(11)10-19/h2-3,5-6,9H,4,7-8,10,16H2,1H3. The number of hydrogen-bond donors (Lipinski definition) is 1. The molecule has 0 bridgehead atoms. The molecule has 1 aromatic heterocycles. The molecule has 1 amide bonds. The van der Waals surface area contributed by atoms with Crippen LogP contribution in [0.1, 0.15) is 27.9 Å². The number of nitrogen functional groups attached to an aromatic ring is 1. The fraction of sp³-hybridized carbons (Fsp3) is 0.333.